The van der Waals surface area contributed by atoms with Gasteiger partial charge in [-0.3, -0.25) is 0 Å². The number of ether oxygens (including phenoxy) is 1. The first kappa shape index (κ1) is 21.6. The van der Waals surface area contributed by atoms with E-state index in [1.165, 1.54) is 0 Å². The maximum atomic E-state index is 6.36. The lowest BCUT2D eigenvalue weighted by atomic mass is 9.75. The number of benzene rings is 4. The van der Waals surface area contributed by atoms with Gasteiger partial charge in [0.15, 0.2) is 5.82 Å². The van der Waals surface area contributed by atoms with Gasteiger partial charge in [0.2, 0.25) is 0 Å². The van der Waals surface area contributed by atoms with Gasteiger partial charge in [0.25, 0.3) is 0 Å². The van der Waals surface area contributed by atoms with Gasteiger partial charge in [-0.05, 0) is 24.3 Å². The predicted molar refractivity (Wildman–Crippen MR) is 142 cm³/mol. The zero-order valence-electron chi connectivity index (χ0n) is 19.5. The maximum absolute atomic E-state index is 6.36. The quantitative estimate of drug-likeness (QED) is 0.262. The SMILES string of the molecule is CC1(C)c2ccc(Cl)cc2Oc2cc(-c3cc(-c4ccccc4)nc(-c4ccccc4)n3)ccc21. The van der Waals surface area contributed by atoms with E-state index in [1.54, 1.807) is 0 Å². The van der Waals surface area contributed by atoms with Gasteiger partial charge in [0.05, 0.1) is 11.4 Å². The van der Waals surface area contributed by atoms with Crippen LogP contribution in [0.2, 0.25) is 5.02 Å². The molecule has 4 aromatic carbocycles. The fourth-order valence-corrected chi connectivity index (χ4v) is 4.87. The van der Waals surface area contributed by atoms with Crippen molar-refractivity contribution in [2.75, 3.05) is 0 Å². The third-order valence-electron chi connectivity index (χ3n) is 6.62. The maximum Gasteiger partial charge on any atom is 0.160 e. The molecule has 1 aromatic heterocycles. The summed E-state index contributed by atoms with van der Waals surface area (Å²) in [5.74, 6) is 2.31. The largest absolute Gasteiger partial charge is 0.457 e. The fourth-order valence-electron chi connectivity index (χ4n) is 4.71. The minimum absolute atomic E-state index is 0.206. The van der Waals surface area contributed by atoms with Crippen LogP contribution in [0.15, 0.2) is 103 Å². The third-order valence-corrected chi connectivity index (χ3v) is 6.85. The zero-order valence-corrected chi connectivity index (χ0v) is 20.3. The molecule has 1 aliphatic rings. The Morgan fingerprint density at radius 1 is 0.600 bits per heavy atom. The second-order valence-electron chi connectivity index (χ2n) is 9.27. The van der Waals surface area contributed by atoms with Gasteiger partial charge >= 0.3 is 0 Å². The summed E-state index contributed by atoms with van der Waals surface area (Å²) in [5.41, 5.74) is 6.78. The molecule has 0 N–H and O–H groups in total. The number of halogens is 1. The third kappa shape index (κ3) is 3.88. The summed E-state index contributed by atoms with van der Waals surface area (Å²) in [5, 5.41) is 0.662. The van der Waals surface area contributed by atoms with Crippen molar-refractivity contribution in [1.82, 2.24) is 9.97 Å². The Hall–Kier alpha value is -3.95. The molecular formula is C31H23ClN2O. The topological polar surface area (TPSA) is 35.0 Å². The normalized spacial score (nSPS) is 13.5. The molecule has 35 heavy (non-hydrogen) atoms. The molecule has 0 bridgehead atoms. The van der Waals surface area contributed by atoms with Gasteiger partial charge in [-0.2, -0.15) is 0 Å². The summed E-state index contributed by atoms with van der Waals surface area (Å²) in [6, 6.07) is 34.5. The second-order valence-corrected chi connectivity index (χ2v) is 9.71. The first-order valence-corrected chi connectivity index (χ1v) is 12.0. The van der Waals surface area contributed by atoms with Crippen LogP contribution in [0.5, 0.6) is 11.5 Å². The van der Waals surface area contributed by atoms with Gasteiger partial charge < -0.3 is 4.74 Å². The minimum atomic E-state index is -0.206. The van der Waals surface area contributed by atoms with Crippen molar-refractivity contribution in [3.8, 4) is 45.4 Å². The van der Waals surface area contributed by atoms with Crippen LogP contribution in [0.1, 0.15) is 25.0 Å². The zero-order chi connectivity index (χ0) is 24.0. The summed E-state index contributed by atoms with van der Waals surface area (Å²) < 4.78 is 6.36. The van der Waals surface area contributed by atoms with E-state index >= 15 is 0 Å². The van der Waals surface area contributed by atoms with E-state index in [0.717, 1.165) is 50.7 Å². The molecule has 0 atom stereocenters. The van der Waals surface area contributed by atoms with Crippen molar-refractivity contribution in [1.29, 1.82) is 0 Å². The molecule has 1 aliphatic heterocycles. The summed E-state index contributed by atoms with van der Waals surface area (Å²) >= 11 is 6.28. The van der Waals surface area contributed by atoms with Crippen LogP contribution in [0.25, 0.3) is 33.9 Å². The Labute approximate surface area is 210 Å². The molecule has 5 aromatic rings. The van der Waals surface area contributed by atoms with Gasteiger partial charge in [0.1, 0.15) is 11.5 Å². The molecule has 0 saturated heterocycles. The van der Waals surface area contributed by atoms with E-state index in [0.29, 0.717) is 10.8 Å². The fraction of sp³-hybridized carbons (Fsp3) is 0.0968. The Morgan fingerprint density at radius 3 is 1.86 bits per heavy atom. The average molecular weight is 475 g/mol. The van der Waals surface area contributed by atoms with Crippen LogP contribution in [0.4, 0.5) is 0 Å². The van der Waals surface area contributed by atoms with E-state index in [9.17, 15) is 0 Å². The van der Waals surface area contributed by atoms with E-state index in [1.807, 2.05) is 66.7 Å². The highest BCUT2D eigenvalue weighted by molar-refractivity contribution is 6.30. The van der Waals surface area contributed by atoms with E-state index in [-0.39, 0.29) is 5.41 Å². The molecule has 6 rings (SSSR count). The highest BCUT2D eigenvalue weighted by atomic mass is 35.5. The summed E-state index contributed by atoms with van der Waals surface area (Å²) in [6.45, 7) is 4.43. The van der Waals surface area contributed by atoms with Crippen LogP contribution in [-0.2, 0) is 5.41 Å². The van der Waals surface area contributed by atoms with Crippen LogP contribution < -0.4 is 4.74 Å². The summed E-state index contributed by atoms with van der Waals surface area (Å²) in [6.07, 6.45) is 0. The van der Waals surface area contributed by atoms with Crippen molar-refractivity contribution in [3.05, 3.63) is 119 Å². The van der Waals surface area contributed by atoms with Crippen molar-refractivity contribution < 1.29 is 4.74 Å². The molecule has 0 saturated carbocycles. The number of fused-ring (bicyclic) bond motifs is 2. The Balaban J connectivity index is 1.50. The average Bonchev–Trinajstić information content (AvgIpc) is 2.89. The monoisotopic (exact) mass is 474 g/mol. The molecule has 0 amide bonds. The van der Waals surface area contributed by atoms with E-state index in [2.05, 4.69) is 50.2 Å². The molecule has 0 unspecified atom stereocenters. The smallest absolute Gasteiger partial charge is 0.160 e. The van der Waals surface area contributed by atoms with Crippen molar-refractivity contribution in [2.45, 2.75) is 19.3 Å². The number of hydrogen-bond acceptors (Lipinski definition) is 3. The van der Waals surface area contributed by atoms with Crippen LogP contribution in [0.3, 0.4) is 0 Å². The lowest BCUT2D eigenvalue weighted by Crippen LogP contribution is -2.24. The Morgan fingerprint density at radius 2 is 1.17 bits per heavy atom. The number of hydrogen-bond donors (Lipinski definition) is 0. The van der Waals surface area contributed by atoms with Crippen molar-refractivity contribution in [3.63, 3.8) is 0 Å². The molecule has 4 heteroatoms. The van der Waals surface area contributed by atoms with Gasteiger partial charge in [-0.15, -0.1) is 0 Å². The number of nitrogens with zero attached hydrogens (tertiary/aromatic N) is 2. The molecule has 3 nitrogen and oxygen atoms in total. The molecule has 0 radical (unpaired) electrons. The van der Waals surface area contributed by atoms with Crippen LogP contribution >= 0.6 is 11.6 Å². The Bertz CT molecular complexity index is 1490. The van der Waals surface area contributed by atoms with Gasteiger partial charge in [-0.25, -0.2) is 9.97 Å². The summed E-state index contributed by atoms with van der Waals surface area (Å²) in [4.78, 5) is 9.85. The van der Waals surface area contributed by atoms with E-state index < -0.39 is 0 Å². The van der Waals surface area contributed by atoms with Crippen molar-refractivity contribution in [2.24, 2.45) is 0 Å². The number of rotatable bonds is 3. The first-order valence-electron chi connectivity index (χ1n) is 11.6. The highest BCUT2D eigenvalue weighted by Crippen LogP contribution is 2.49. The molecule has 0 aliphatic carbocycles. The molecule has 0 fully saturated rings. The molecule has 0 spiro atoms. The standard InChI is InChI=1S/C31H23ClN2O/c1-31(2)24-15-13-22(17-28(24)35-29-18-23(32)14-16-25(29)31)27-19-26(20-9-5-3-6-10-20)33-30(34-27)21-11-7-4-8-12-21/h3-19H,1-2H3. The highest BCUT2D eigenvalue weighted by Gasteiger charge is 2.34. The lowest BCUT2D eigenvalue weighted by Gasteiger charge is -2.34. The van der Waals surface area contributed by atoms with E-state index in [4.69, 9.17) is 26.3 Å². The predicted octanol–water partition coefficient (Wildman–Crippen LogP) is 8.56. The molecule has 170 valence electrons. The number of aromatic nitrogens is 2. The first-order chi connectivity index (χ1) is 17.0. The molecule has 2 heterocycles. The summed E-state index contributed by atoms with van der Waals surface area (Å²) in [7, 11) is 0. The lowest BCUT2D eigenvalue weighted by molar-refractivity contribution is 0.418. The van der Waals surface area contributed by atoms with Crippen molar-refractivity contribution >= 4 is 11.6 Å². The second kappa shape index (κ2) is 8.37. The molecular weight excluding hydrogens is 452 g/mol. The van der Waals surface area contributed by atoms with Gasteiger partial charge in [0, 0.05) is 38.3 Å². The van der Waals surface area contributed by atoms with Crippen LogP contribution in [-0.4, -0.2) is 9.97 Å². The Kier molecular flexibility index (Phi) is 5.16. The van der Waals surface area contributed by atoms with Crippen LogP contribution in [0, 0.1) is 0 Å². The van der Waals surface area contributed by atoms with Gasteiger partial charge in [-0.1, -0.05) is 104 Å². The minimum Gasteiger partial charge on any atom is -0.457 e.